The van der Waals surface area contributed by atoms with Gasteiger partial charge in [0.25, 0.3) is 0 Å². The molecule has 0 rings (SSSR count). The highest BCUT2D eigenvalue weighted by Gasteiger charge is 2.49. The lowest BCUT2D eigenvalue weighted by Crippen LogP contribution is -2.60. The largest absolute Gasteiger partial charge is 0.480 e. The molecule has 0 amide bonds. The molecular weight excluding hydrogens is 178 g/mol. The van der Waals surface area contributed by atoms with Crippen LogP contribution in [0.15, 0.2) is 0 Å². The molecule has 0 aliphatic carbocycles. The van der Waals surface area contributed by atoms with Gasteiger partial charge >= 0.3 is 5.97 Å². The molecule has 0 heterocycles. The minimum atomic E-state index is -1.08. The van der Waals surface area contributed by atoms with Crippen molar-refractivity contribution in [2.24, 2.45) is 11.1 Å². The SMILES string of the molecule is CCC(CC)(CC)[C@@](N)(CC)C(=O)O. The zero-order chi connectivity index (χ0) is 11.4. The first kappa shape index (κ1) is 13.4. The molecule has 0 bridgehead atoms. The normalized spacial score (nSPS) is 16.4. The lowest BCUT2D eigenvalue weighted by Gasteiger charge is -2.44. The van der Waals surface area contributed by atoms with Crippen molar-refractivity contribution in [3.63, 3.8) is 0 Å². The van der Waals surface area contributed by atoms with E-state index >= 15 is 0 Å². The van der Waals surface area contributed by atoms with Gasteiger partial charge in [0.15, 0.2) is 0 Å². The highest BCUT2D eigenvalue weighted by atomic mass is 16.4. The van der Waals surface area contributed by atoms with Crippen molar-refractivity contribution in [3.05, 3.63) is 0 Å². The Labute approximate surface area is 86.7 Å². The molecule has 0 aliphatic heterocycles. The van der Waals surface area contributed by atoms with Gasteiger partial charge in [-0.3, -0.25) is 4.79 Å². The van der Waals surface area contributed by atoms with Gasteiger partial charge in [-0.1, -0.05) is 27.7 Å². The predicted molar refractivity (Wildman–Crippen MR) is 58.2 cm³/mol. The van der Waals surface area contributed by atoms with E-state index in [2.05, 4.69) is 0 Å². The van der Waals surface area contributed by atoms with Crippen LogP contribution in [0, 0.1) is 5.41 Å². The van der Waals surface area contributed by atoms with E-state index in [0.29, 0.717) is 6.42 Å². The number of aliphatic carboxylic acids is 1. The predicted octanol–water partition coefficient (Wildman–Crippen LogP) is 2.39. The van der Waals surface area contributed by atoms with Crippen LogP contribution in [-0.4, -0.2) is 16.6 Å². The molecule has 14 heavy (non-hydrogen) atoms. The first-order valence-corrected chi connectivity index (χ1v) is 5.46. The summed E-state index contributed by atoms with van der Waals surface area (Å²) in [6.45, 7) is 7.91. The summed E-state index contributed by atoms with van der Waals surface area (Å²) in [5.41, 5.74) is 4.70. The summed E-state index contributed by atoms with van der Waals surface area (Å²) in [5, 5.41) is 9.24. The van der Waals surface area contributed by atoms with Gasteiger partial charge in [-0.05, 0) is 31.1 Å². The summed E-state index contributed by atoms with van der Waals surface area (Å²) < 4.78 is 0. The maximum atomic E-state index is 11.3. The number of hydrogen-bond acceptors (Lipinski definition) is 2. The summed E-state index contributed by atoms with van der Waals surface area (Å²) in [4.78, 5) is 11.3. The lowest BCUT2D eigenvalue weighted by atomic mass is 9.63. The van der Waals surface area contributed by atoms with E-state index in [1.807, 2.05) is 27.7 Å². The van der Waals surface area contributed by atoms with Crippen molar-refractivity contribution < 1.29 is 9.90 Å². The molecule has 3 heteroatoms. The molecule has 0 aromatic carbocycles. The lowest BCUT2D eigenvalue weighted by molar-refractivity contribution is -0.150. The molecular formula is C11H23NO2. The monoisotopic (exact) mass is 201 g/mol. The topological polar surface area (TPSA) is 63.3 Å². The Bertz CT molecular complexity index is 191. The van der Waals surface area contributed by atoms with E-state index in [0.717, 1.165) is 19.3 Å². The van der Waals surface area contributed by atoms with Gasteiger partial charge in [-0.2, -0.15) is 0 Å². The summed E-state index contributed by atoms with van der Waals surface area (Å²) in [7, 11) is 0. The second-order valence-electron chi connectivity index (χ2n) is 3.97. The van der Waals surface area contributed by atoms with Gasteiger partial charge in [0.05, 0.1) is 0 Å². The Hall–Kier alpha value is -0.570. The van der Waals surface area contributed by atoms with Crippen LogP contribution in [0.1, 0.15) is 53.4 Å². The fraction of sp³-hybridized carbons (Fsp3) is 0.909. The Balaban J connectivity index is 5.22. The Morgan fingerprint density at radius 2 is 1.43 bits per heavy atom. The zero-order valence-electron chi connectivity index (χ0n) is 9.76. The van der Waals surface area contributed by atoms with E-state index in [4.69, 9.17) is 5.73 Å². The second-order valence-corrected chi connectivity index (χ2v) is 3.97. The maximum Gasteiger partial charge on any atom is 0.324 e. The van der Waals surface area contributed by atoms with Gasteiger partial charge < -0.3 is 10.8 Å². The molecule has 1 atom stereocenters. The average Bonchev–Trinajstić information content (AvgIpc) is 2.20. The minimum Gasteiger partial charge on any atom is -0.480 e. The molecule has 0 spiro atoms. The van der Waals surface area contributed by atoms with E-state index in [9.17, 15) is 9.90 Å². The van der Waals surface area contributed by atoms with E-state index < -0.39 is 11.5 Å². The van der Waals surface area contributed by atoms with E-state index in [-0.39, 0.29) is 5.41 Å². The van der Waals surface area contributed by atoms with Crippen LogP contribution >= 0.6 is 0 Å². The van der Waals surface area contributed by atoms with Crippen LogP contribution in [0.25, 0.3) is 0 Å². The molecule has 0 aromatic rings. The highest BCUT2D eigenvalue weighted by molar-refractivity contribution is 5.79. The number of carboxylic acid groups (broad SMARTS) is 1. The Kier molecular flexibility index (Phi) is 4.59. The molecule has 3 nitrogen and oxygen atoms in total. The first-order valence-electron chi connectivity index (χ1n) is 5.46. The molecule has 0 unspecified atom stereocenters. The van der Waals surface area contributed by atoms with Gasteiger partial charge in [0.1, 0.15) is 5.54 Å². The van der Waals surface area contributed by atoms with Crippen molar-refractivity contribution in [1.82, 2.24) is 0 Å². The van der Waals surface area contributed by atoms with Crippen LogP contribution in [0.3, 0.4) is 0 Å². The van der Waals surface area contributed by atoms with Crippen LogP contribution in [0.5, 0.6) is 0 Å². The summed E-state index contributed by atoms with van der Waals surface area (Å²) in [6, 6.07) is 0. The highest BCUT2D eigenvalue weighted by Crippen LogP contribution is 2.42. The molecule has 84 valence electrons. The summed E-state index contributed by atoms with van der Waals surface area (Å²) in [6.07, 6.45) is 2.93. The molecule has 0 fully saturated rings. The van der Waals surface area contributed by atoms with Gasteiger partial charge in [-0.15, -0.1) is 0 Å². The number of carbonyl (C=O) groups is 1. The molecule has 0 radical (unpaired) electrons. The van der Waals surface area contributed by atoms with E-state index in [1.54, 1.807) is 0 Å². The third kappa shape index (κ3) is 1.78. The number of rotatable bonds is 6. The summed E-state index contributed by atoms with van der Waals surface area (Å²) >= 11 is 0. The quantitative estimate of drug-likeness (QED) is 0.693. The maximum absolute atomic E-state index is 11.3. The van der Waals surface area contributed by atoms with Gasteiger partial charge in [-0.25, -0.2) is 0 Å². The van der Waals surface area contributed by atoms with Crippen LogP contribution in [0.4, 0.5) is 0 Å². The van der Waals surface area contributed by atoms with Crippen molar-refractivity contribution >= 4 is 5.97 Å². The molecule has 0 saturated carbocycles. The van der Waals surface area contributed by atoms with Gasteiger partial charge in [0.2, 0.25) is 0 Å². The number of hydrogen-bond donors (Lipinski definition) is 2. The fourth-order valence-electron chi connectivity index (χ4n) is 2.45. The van der Waals surface area contributed by atoms with Gasteiger partial charge in [0, 0.05) is 0 Å². The van der Waals surface area contributed by atoms with Crippen LogP contribution in [-0.2, 0) is 4.79 Å². The number of carboxylic acids is 1. The molecule has 0 aromatic heterocycles. The second kappa shape index (κ2) is 4.78. The van der Waals surface area contributed by atoms with Crippen molar-refractivity contribution in [2.45, 2.75) is 58.9 Å². The van der Waals surface area contributed by atoms with Crippen LogP contribution in [0.2, 0.25) is 0 Å². The average molecular weight is 201 g/mol. The molecule has 0 saturated heterocycles. The molecule has 0 aliphatic rings. The fourth-order valence-corrected chi connectivity index (χ4v) is 2.45. The third-order valence-electron chi connectivity index (χ3n) is 3.92. The molecule has 3 N–H and O–H groups in total. The van der Waals surface area contributed by atoms with Crippen molar-refractivity contribution in [2.75, 3.05) is 0 Å². The van der Waals surface area contributed by atoms with E-state index in [1.165, 1.54) is 0 Å². The Morgan fingerprint density at radius 3 is 1.50 bits per heavy atom. The first-order chi connectivity index (χ1) is 6.44. The van der Waals surface area contributed by atoms with Crippen molar-refractivity contribution in [3.8, 4) is 0 Å². The third-order valence-corrected chi connectivity index (χ3v) is 3.92. The smallest absolute Gasteiger partial charge is 0.324 e. The zero-order valence-corrected chi connectivity index (χ0v) is 9.76. The Morgan fingerprint density at radius 1 is 1.07 bits per heavy atom. The summed E-state index contributed by atoms with van der Waals surface area (Å²) in [5.74, 6) is -0.870. The standard InChI is InChI=1S/C11H23NO2/c1-5-10(6-2,7-3)11(12,8-4)9(13)14/h5-8,12H2,1-4H3,(H,13,14)/t11-/m1/s1. The minimum absolute atomic E-state index is 0.270. The van der Waals surface area contributed by atoms with Crippen molar-refractivity contribution in [1.29, 1.82) is 0 Å². The number of nitrogens with two attached hydrogens (primary N) is 1. The van der Waals surface area contributed by atoms with Crippen LogP contribution < -0.4 is 5.73 Å².